The van der Waals surface area contributed by atoms with Gasteiger partial charge in [0.15, 0.2) is 5.92 Å². The zero-order valence-electron chi connectivity index (χ0n) is 16.2. The molecule has 0 aliphatic heterocycles. The van der Waals surface area contributed by atoms with E-state index in [1.54, 1.807) is 34.6 Å². The first-order valence-electron chi connectivity index (χ1n) is 8.67. The molecule has 0 spiro atoms. The molecule has 1 unspecified atom stereocenters. The fourth-order valence-electron chi connectivity index (χ4n) is 2.30. The number of hydrogen-bond acceptors (Lipinski definition) is 6. The average molecular weight is 383 g/mol. The Hall–Kier alpha value is -2.64. The predicted octanol–water partition coefficient (Wildman–Crippen LogP) is 3.13. The highest BCUT2D eigenvalue weighted by molar-refractivity contribution is 5.96. The zero-order valence-corrected chi connectivity index (χ0v) is 16.2. The first kappa shape index (κ1) is 22.4. The van der Waals surface area contributed by atoms with Crippen LogP contribution in [0.1, 0.15) is 46.2 Å². The van der Waals surface area contributed by atoms with Crippen LogP contribution in [0, 0.1) is 11.7 Å². The van der Waals surface area contributed by atoms with Crippen LogP contribution in [0.4, 0.5) is 9.18 Å². The molecule has 1 aromatic rings. The van der Waals surface area contributed by atoms with Crippen LogP contribution in [0.25, 0.3) is 0 Å². The van der Waals surface area contributed by atoms with Crippen molar-refractivity contribution < 1.29 is 33.0 Å². The molecule has 0 saturated carbocycles. The molecule has 0 bridgehead atoms. The Morgan fingerprint density at radius 1 is 1.00 bits per heavy atom. The third kappa shape index (κ3) is 7.24. The molecule has 1 aromatic carbocycles. The molecule has 1 rings (SSSR count). The number of ether oxygens (including phenoxy) is 3. The first-order valence-corrected chi connectivity index (χ1v) is 8.67. The summed E-state index contributed by atoms with van der Waals surface area (Å²) in [6, 6.07) is 3.89. The van der Waals surface area contributed by atoms with Gasteiger partial charge in [0.05, 0.1) is 19.3 Å². The van der Waals surface area contributed by atoms with Gasteiger partial charge in [-0.3, -0.25) is 9.59 Å². The van der Waals surface area contributed by atoms with Gasteiger partial charge in [0, 0.05) is 0 Å². The van der Waals surface area contributed by atoms with Gasteiger partial charge in [-0.15, -0.1) is 0 Å². The van der Waals surface area contributed by atoms with Crippen molar-refractivity contribution in [2.75, 3.05) is 13.2 Å². The van der Waals surface area contributed by atoms with Crippen molar-refractivity contribution in [3.05, 3.63) is 35.6 Å². The van der Waals surface area contributed by atoms with Gasteiger partial charge in [-0.05, 0) is 52.3 Å². The van der Waals surface area contributed by atoms with Gasteiger partial charge >= 0.3 is 18.0 Å². The zero-order chi connectivity index (χ0) is 20.6. The number of esters is 2. The van der Waals surface area contributed by atoms with Gasteiger partial charge in [0.1, 0.15) is 11.4 Å². The van der Waals surface area contributed by atoms with Crippen LogP contribution in [-0.4, -0.2) is 36.8 Å². The molecule has 0 fully saturated rings. The van der Waals surface area contributed by atoms with Crippen molar-refractivity contribution in [1.29, 1.82) is 0 Å². The molecule has 0 aliphatic carbocycles. The van der Waals surface area contributed by atoms with Gasteiger partial charge in [-0.1, -0.05) is 12.1 Å². The number of amides is 1. The summed E-state index contributed by atoms with van der Waals surface area (Å²) in [5.41, 5.74) is -0.464. The average Bonchev–Trinajstić information content (AvgIpc) is 2.53. The number of halogens is 1. The van der Waals surface area contributed by atoms with E-state index >= 15 is 0 Å². The summed E-state index contributed by atoms with van der Waals surface area (Å²) in [5.74, 6) is -3.69. The Morgan fingerprint density at radius 2 is 1.48 bits per heavy atom. The number of carbonyl (C=O) groups excluding carboxylic acids is 3. The fraction of sp³-hybridized carbons (Fsp3) is 0.526. The second-order valence-electron chi connectivity index (χ2n) is 6.66. The second kappa shape index (κ2) is 9.89. The Kier molecular flexibility index (Phi) is 8.21. The van der Waals surface area contributed by atoms with Gasteiger partial charge in [-0.25, -0.2) is 9.18 Å². The van der Waals surface area contributed by atoms with E-state index in [-0.39, 0.29) is 13.2 Å². The van der Waals surface area contributed by atoms with E-state index < -0.39 is 41.4 Å². The van der Waals surface area contributed by atoms with Gasteiger partial charge in [-0.2, -0.15) is 0 Å². The maximum atomic E-state index is 13.3. The van der Waals surface area contributed by atoms with Crippen LogP contribution < -0.4 is 5.32 Å². The Balaban J connectivity index is 3.28. The number of benzene rings is 1. The molecule has 0 radical (unpaired) electrons. The lowest BCUT2D eigenvalue weighted by atomic mass is 9.93. The molecule has 150 valence electrons. The largest absolute Gasteiger partial charge is 0.465 e. The Morgan fingerprint density at radius 3 is 1.89 bits per heavy atom. The topological polar surface area (TPSA) is 90.9 Å². The minimum Gasteiger partial charge on any atom is -0.465 e. The molecule has 1 N–H and O–H groups in total. The molecule has 0 heterocycles. The van der Waals surface area contributed by atoms with E-state index in [1.165, 1.54) is 12.1 Å². The monoisotopic (exact) mass is 383 g/mol. The number of carbonyl (C=O) groups is 3. The lowest BCUT2D eigenvalue weighted by molar-refractivity contribution is -0.163. The number of alkyl carbamates (subject to hydrolysis) is 1. The molecular formula is C19H26FNO6. The molecule has 1 amide bonds. The minimum atomic E-state index is -1.47. The van der Waals surface area contributed by atoms with Crippen LogP contribution in [0.3, 0.4) is 0 Å². The maximum absolute atomic E-state index is 13.3. The van der Waals surface area contributed by atoms with Crippen molar-refractivity contribution in [3.63, 3.8) is 0 Å². The highest BCUT2D eigenvalue weighted by atomic mass is 19.1. The Labute approximate surface area is 158 Å². The molecule has 0 aliphatic rings. The van der Waals surface area contributed by atoms with Crippen molar-refractivity contribution in [2.45, 2.75) is 46.3 Å². The third-order valence-corrected chi connectivity index (χ3v) is 3.32. The number of nitrogens with one attached hydrogen (secondary N) is 1. The van der Waals surface area contributed by atoms with Crippen LogP contribution >= 0.6 is 0 Å². The Bertz CT molecular complexity index is 635. The molecular weight excluding hydrogens is 357 g/mol. The summed E-state index contributed by atoms with van der Waals surface area (Å²) in [4.78, 5) is 37.1. The van der Waals surface area contributed by atoms with Crippen LogP contribution in [0.2, 0.25) is 0 Å². The van der Waals surface area contributed by atoms with E-state index in [0.717, 1.165) is 12.1 Å². The molecule has 7 nitrogen and oxygen atoms in total. The molecule has 27 heavy (non-hydrogen) atoms. The molecule has 0 saturated heterocycles. The van der Waals surface area contributed by atoms with Crippen molar-refractivity contribution in [2.24, 2.45) is 5.92 Å². The van der Waals surface area contributed by atoms with E-state index in [1.807, 2.05) is 0 Å². The first-order chi connectivity index (χ1) is 12.6. The van der Waals surface area contributed by atoms with E-state index in [4.69, 9.17) is 14.2 Å². The smallest absolute Gasteiger partial charge is 0.408 e. The van der Waals surface area contributed by atoms with E-state index in [0.29, 0.717) is 5.56 Å². The fourth-order valence-corrected chi connectivity index (χ4v) is 2.30. The summed E-state index contributed by atoms with van der Waals surface area (Å²) in [6.07, 6.45) is -0.838. The number of hydrogen-bond donors (Lipinski definition) is 1. The van der Waals surface area contributed by atoms with Gasteiger partial charge in [0.25, 0.3) is 0 Å². The normalized spacial score (nSPS) is 12.3. The number of rotatable bonds is 7. The van der Waals surface area contributed by atoms with E-state index in [9.17, 15) is 18.8 Å². The van der Waals surface area contributed by atoms with Crippen LogP contribution in [0.15, 0.2) is 24.3 Å². The summed E-state index contributed by atoms with van der Waals surface area (Å²) in [7, 11) is 0. The molecule has 8 heteroatoms. The second-order valence-corrected chi connectivity index (χ2v) is 6.66. The standard InChI is InChI=1S/C19H26FNO6/c1-6-25-16(22)14(17(23)26-7-2)15(12-8-10-13(20)11-9-12)21-18(24)27-19(3,4)5/h8-11,14-15H,6-7H2,1-5H3,(H,21,24). The lowest BCUT2D eigenvalue weighted by Gasteiger charge is -2.27. The van der Waals surface area contributed by atoms with Crippen molar-refractivity contribution >= 4 is 18.0 Å². The molecule has 1 atom stereocenters. The highest BCUT2D eigenvalue weighted by Gasteiger charge is 2.40. The summed E-state index contributed by atoms with van der Waals surface area (Å²) < 4.78 is 28.5. The van der Waals surface area contributed by atoms with Crippen LogP contribution in [-0.2, 0) is 23.8 Å². The van der Waals surface area contributed by atoms with Gasteiger partial charge < -0.3 is 19.5 Å². The summed E-state index contributed by atoms with van der Waals surface area (Å²) in [5, 5.41) is 2.50. The summed E-state index contributed by atoms with van der Waals surface area (Å²) in [6.45, 7) is 8.28. The van der Waals surface area contributed by atoms with Gasteiger partial charge in [0.2, 0.25) is 0 Å². The van der Waals surface area contributed by atoms with E-state index in [2.05, 4.69) is 5.32 Å². The molecule has 0 aromatic heterocycles. The third-order valence-electron chi connectivity index (χ3n) is 3.32. The minimum absolute atomic E-state index is 0.0390. The van der Waals surface area contributed by atoms with Crippen molar-refractivity contribution in [1.82, 2.24) is 5.32 Å². The van der Waals surface area contributed by atoms with Crippen molar-refractivity contribution in [3.8, 4) is 0 Å². The van der Waals surface area contributed by atoms with Crippen LogP contribution in [0.5, 0.6) is 0 Å². The maximum Gasteiger partial charge on any atom is 0.408 e. The summed E-state index contributed by atoms with van der Waals surface area (Å²) >= 11 is 0. The highest BCUT2D eigenvalue weighted by Crippen LogP contribution is 2.26. The quantitative estimate of drug-likeness (QED) is 0.442. The predicted molar refractivity (Wildman–Crippen MR) is 95.3 cm³/mol. The lowest BCUT2D eigenvalue weighted by Crippen LogP contribution is -2.44. The SMILES string of the molecule is CCOC(=O)C(C(=O)OCC)C(NC(=O)OC(C)(C)C)c1ccc(F)cc1.